The largest absolute Gasteiger partial charge is 0.354 e. The fourth-order valence-electron chi connectivity index (χ4n) is 3.75. The number of nitrogens with zero attached hydrogens (tertiary/aromatic N) is 1. The second kappa shape index (κ2) is 9.11. The highest BCUT2D eigenvalue weighted by atomic mass is 16.2. The summed E-state index contributed by atoms with van der Waals surface area (Å²) in [4.78, 5) is 38.9. The number of carbonyl (C=O) groups is 3. The van der Waals surface area contributed by atoms with Gasteiger partial charge in [0, 0.05) is 6.54 Å². The number of urea groups is 1. The predicted molar refractivity (Wildman–Crippen MR) is 116 cm³/mol. The Morgan fingerprint density at radius 3 is 2.33 bits per heavy atom. The van der Waals surface area contributed by atoms with Gasteiger partial charge in [-0.05, 0) is 35.4 Å². The molecule has 2 aromatic carbocycles. The third kappa shape index (κ3) is 4.37. The molecule has 1 unspecified atom stereocenters. The van der Waals surface area contributed by atoms with Gasteiger partial charge < -0.3 is 10.6 Å². The molecular weight excluding hydrogens is 378 g/mol. The molecule has 3 rings (SSSR count). The predicted octanol–water partition coefficient (Wildman–Crippen LogP) is 3.33. The molecule has 30 heavy (non-hydrogen) atoms. The van der Waals surface area contributed by atoms with Crippen molar-refractivity contribution in [3.63, 3.8) is 0 Å². The van der Waals surface area contributed by atoms with Crippen molar-refractivity contribution in [1.29, 1.82) is 0 Å². The molecule has 0 aliphatic carbocycles. The number of rotatable bonds is 8. The van der Waals surface area contributed by atoms with E-state index in [1.165, 1.54) is 5.56 Å². The molecule has 4 amide bonds. The lowest BCUT2D eigenvalue weighted by atomic mass is 9.87. The normalized spacial score (nSPS) is 18.6. The van der Waals surface area contributed by atoms with Crippen LogP contribution in [0.3, 0.4) is 0 Å². The van der Waals surface area contributed by atoms with Crippen molar-refractivity contribution in [2.24, 2.45) is 0 Å². The lowest BCUT2D eigenvalue weighted by Gasteiger charge is -2.25. The lowest BCUT2D eigenvalue weighted by molar-refractivity contribution is -0.135. The molecule has 1 saturated heterocycles. The van der Waals surface area contributed by atoms with E-state index in [4.69, 9.17) is 0 Å². The quantitative estimate of drug-likeness (QED) is 0.659. The number of imide groups is 1. The monoisotopic (exact) mass is 407 g/mol. The van der Waals surface area contributed by atoms with Gasteiger partial charge in [0.05, 0.1) is 0 Å². The van der Waals surface area contributed by atoms with E-state index in [0.717, 1.165) is 16.0 Å². The van der Waals surface area contributed by atoms with Gasteiger partial charge in [-0.1, -0.05) is 75.4 Å². The number of hydrogen-bond donors (Lipinski definition) is 2. The molecular formula is C24H29N3O3. The second-order valence-electron chi connectivity index (χ2n) is 7.94. The number of amides is 4. The van der Waals surface area contributed by atoms with E-state index in [0.29, 0.717) is 25.3 Å². The van der Waals surface area contributed by atoms with Crippen LogP contribution in [-0.2, 0) is 21.5 Å². The average molecular weight is 408 g/mol. The van der Waals surface area contributed by atoms with Gasteiger partial charge >= 0.3 is 6.03 Å². The SMILES string of the molecule is CCC1(c2ccccc2)NC(=O)N(CC(=O)NCCc2ccc(C(C)C)cc2)C1=O. The van der Waals surface area contributed by atoms with E-state index in [1.807, 2.05) is 37.3 Å². The van der Waals surface area contributed by atoms with Crippen LogP contribution in [0.1, 0.15) is 49.8 Å². The highest BCUT2D eigenvalue weighted by molar-refractivity contribution is 6.09. The minimum Gasteiger partial charge on any atom is -0.354 e. The Balaban J connectivity index is 1.57. The van der Waals surface area contributed by atoms with Gasteiger partial charge in [0.1, 0.15) is 12.1 Å². The maximum absolute atomic E-state index is 13.0. The molecule has 158 valence electrons. The van der Waals surface area contributed by atoms with Crippen molar-refractivity contribution in [1.82, 2.24) is 15.5 Å². The summed E-state index contributed by atoms with van der Waals surface area (Å²) in [5, 5.41) is 5.60. The molecule has 0 aromatic heterocycles. The molecule has 6 nitrogen and oxygen atoms in total. The van der Waals surface area contributed by atoms with Crippen molar-refractivity contribution >= 4 is 17.8 Å². The van der Waals surface area contributed by atoms with E-state index in [2.05, 4.69) is 48.7 Å². The van der Waals surface area contributed by atoms with Crippen LogP contribution >= 0.6 is 0 Å². The summed E-state index contributed by atoms with van der Waals surface area (Å²) in [5.74, 6) is -0.257. The summed E-state index contributed by atoms with van der Waals surface area (Å²) < 4.78 is 0. The molecule has 0 spiro atoms. The molecule has 1 fully saturated rings. The highest BCUT2D eigenvalue weighted by Crippen LogP contribution is 2.32. The van der Waals surface area contributed by atoms with Crippen LogP contribution in [0.5, 0.6) is 0 Å². The molecule has 0 radical (unpaired) electrons. The van der Waals surface area contributed by atoms with Crippen molar-refractivity contribution in [3.8, 4) is 0 Å². The van der Waals surface area contributed by atoms with Crippen LogP contribution < -0.4 is 10.6 Å². The molecule has 2 N–H and O–H groups in total. The summed E-state index contributed by atoms with van der Waals surface area (Å²) in [6.45, 7) is 6.30. The first kappa shape index (κ1) is 21.6. The number of nitrogens with one attached hydrogen (secondary N) is 2. The topological polar surface area (TPSA) is 78.5 Å². The zero-order chi connectivity index (χ0) is 21.7. The van der Waals surface area contributed by atoms with Gasteiger partial charge in [-0.25, -0.2) is 4.79 Å². The van der Waals surface area contributed by atoms with Crippen molar-refractivity contribution in [2.45, 2.75) is 45.1 Å². The standard InChI is InChI=1S/C24H29N3O3/c1-4-24(20-8-6-5-7-9-20)22(29)27(23(30)26-24)16-21(28)25-15-14-18-10-12-19(13-11-18)17(2)3/h5-13,17H,4,14-16H2,1-3H3,(H,25,28)(H,26,30). The smallest absolute Gasteiger partial charge is 0.325 e. The highest BCUT2D eigenvalue weighted by Gasteiger charge is 2.51. The summed E-state index contributed by atoms with van der Waals surface area (Å²) in [6, 6.07) is 16.9. The van der Waals surface area contributed by atoms with Crippen molar-refractivity contribution < 1.29 is 14.4 Å². The van der Waals surface area contributed by atoms with E-state index >= 15 is 0 Å². The van der Waals surface area contributed by atoms with Crippen LogP contribution in [0.25, 0.3) is 0 Å². The van der Waals surface area contributed by atoms with Gasteiger partial charge in [0.2, 0.25) is 5.91 Å². The molecule has 6 heteroatoms. The molecule has 0 bridgehead atoms. The Bertz CT molecular complexity index is 909. The van der Waals surface area contributed by atoms with E-state index in [-0.39, 0.29) is 18.4 Å². The van der Waals surface area contributed by atoms with E-state index in [9.17, 15) is 14.4 Å². The Morgan fingerprint density at radius 2 is 1.73 bits per heavy atom. The van der Waals surface area contributed by atoms with Crippen LogP contribution in [-0.4, -0.2) is 35.8 Å². The van der Waals surface area contributed by atoms with Crippen LogP contribution in [0.2, 0.25) is 0 Å². The van der Waals surface area contributed by atoms with Gasteiger partial charge in [-0.2, -0.15) is 0 Å². The van der Waals surface area contributed by atoms with Gasteiger partial charge in [-0.15, -0.1) is 0 Å². The van der Waals surface area contributed by atoms with Gasteiger partial charge in [-0.3, -0.25) is 14.5 Å². The number of hydrogen-bond acceptors (Lipinski definition) is 3. The zero-order valence-corrected chi connectivity index (χ0v) is 17.8. The Labute approximate surface area is 177 Å². The summed E-state index contributed by atoms with van der Waals surface area (Å²) in [6.07, 6.45) is 1.10. The van der Waals surface area contributed by atoms with Crippen molar-refractivity contribution in [2.75, 3.05) is 13.1 Å². The molecule has 1 aliphatic rings. The Morgan fingerprint density at radius 1 is 1.07 bits per heavy atom. The third-order valence-electron chi connectivity index (χ3n) is 5.66. The molecule has 0 saturated carbocycles. The number of carbonyl (C=O) groups excluding carboxylic acids is 3. The first-order valence-electron chi connectivity index (χ1n) is 10.4. The molecule has 1 heterocycles. The van der Waals surface area contributed by atoms with Crippen LogP contribution in [0.4, 0.5) is 4.79 Å². The van der Waals surface area contributed by atoms with Crippen LogP contribution in [0, 0.1) is 0 Å². The van der Waals surface area contributed by atoms with E-state index < -0.39 is 11.6 Å². The minimum absolute atomic E-state index is 0.286. The lowest BCUT2D eigenvalue weighted by Crippen LogP contribution is -2.45. The summed E-state index contributed by atoms with van der Waals surface area (Å²) in [5.41, 5.74) is 2.01. The maximum atomic E-state index is 13.0. The second-order valence-corrected chi connectivity index (χ2v) is 7.94. The molecule has 2 aromatic rings. The summed E-state index contributed by atoms with van der Waals surface area (Å²) in [7, 11) is 0. The van der Waals surface area contributed by atoms with Gasteiger partial charge in [0.15, 0.2) is 0 Å². The maximum Gasteiger partial charge on any atom is 0.325 e. The Hall–Kier alpha value is -3.15. The van der Waals surface area contributed by atoms with Gasteiger partial charge in [0.25, 0.3) is 5.91 Å². The first-order valence-corrected chi connectivity index (χ1v) is 10.4. The molecule has 1 atom stereocenters. The van der Waals surface area contributed by atoms with E-state index in [1.54, 1.807) is 0 Å². The van der Waals surface area contributed by atoms with Crippen LogP contribution in [0.15, 0.2) is 54.6 Å². The molecule has 1 aliphatic heterocycles. The number of benzene rings is 2. The first-order chi connectivity index (χ1) is 14.4. The average Bonchev–Trinajstić information content (AvgIpc) is 3.00. The fraction of sp³-hybridized carbons (Fsp3) is 0.375. The zero-order valence-electron chi connectivity index (χ0n) is 17.8. The minimum atomic E-state index is -1.11. The summed E-state index contributed by atoms with van der Waals surface area (Å²) >= 11 is 0. The fourth-order valence-corrected chi connectivity index (χ4v) is 3.75. The third-order valence-corrected chi connectivity index (χ3v) is 5.66. The van der Waals surface area contributed by atoms with Crippen molar-refractivity contribution in [3.05, 3.63) is 71.3 Å². The Kier molecular flexibility index (Phi) is 6.55.